The van der Waals surface area contributed by atoms with Crippen molar-refractivity contribution in [1.29, 1.82) is 5.26 Å². The summed E-state index contributed by atoms with van der Waals surface area (Å²) >= 11 is 0. The molecule has 28 heavy (non-hydrogen) atoms. The van der Waals surface area contributed by atoms with E-state index < -0.39 is 17.3 Å². The van der Waals surface area contributed by atoms with E-state index in [-0.39, 0.29) is 18.6 Å². The van der Waals surface area contributed by atoms with E-state index in [1.165, 1.54) is 31.8 Å². The molecule has 0 aliphatic carbocycles. The first-order valence-electron chi connectivity index (χ1n) is 8.53. The zero-order chi connectivity index (χ0) is 20.3. The van der Waals surface area contributed by atoms with E-state index in [9.17, 15) is 18.0 Å². The summed E-state index contributed by atoms with van der Waals surface area (Å²) in [6, 6.07) is 6.46. The SMILES string of the molecule is COCC1CN(C(=O)c2ccoc2)CCN1c1ccc(C#N)c(C(F)(F)F)c1. The van der Waals surface area contributed by atoms with Gasteiger partial charge in [-0.15, -0.1) is 0 Å². The molecule has 1 unspecified atom stereocenters. The van der Waals surface area contributed by atoms with Crippen molar-refractivity contribution in [2.75, 3.05) is 38.3 Å². The number of benzene rings is 1. The van der Waals surface area contributed by atoms with Crippen LogP contribution < -0.4 is 4.90 Å². The minimum absolute atomic E-state index is 0.203. The number of anilines is 1. The van der Waals surface area contributed by atoms with Crippen LogP contribution in [0, 0.1) is 11.3 Å². The van der Waals surface area contributed by atoms with Crippen LogP contribution in [0.25, 0.3) is 0 Å². The fourth-order valence-corrected chi connectivity index (χ4v) is 3.33. The van der Waals surface area contributed by atoms with Gasteiger partial charge in [0.1, 0.15) is 6.26 Å². The Balaban J connectivity index is 1.86. The molecule has 0 bridgehead atoms. The zero-order valence-electron chi connectivity index (χ0n) is 15.1. The lowest BCUT2D eigenvalue weighted by Crippen LogP contribution is -2.56. The second-order valence-electron chi connectivity index (χ2n) is 6.41. The van der Waals surface area contributed by atoms with Gasteiger partial charge in [0.2, 0.25) is 0 Å². The molecule has 3 rings (SSSR count). The standard InChI is InChI=1S/C19H18F3N3O3/c1-27-12-16-10-24(18(26)14-4-7-28-11-14)5-6-25(16)15-3-2-13(9-23)17(8-15)19(20,21)22/h2-4,7-8,11,16H,5-6,10,12H2,1H3. The van der Waals surface area contributed by atoms with Crippen LogP contribution in [0.4, 0.5) is 18.9 Å². The van der Waals surface area contributed by atoms with Gasteiger partial charge in [0, 0.05) is 32.4 Å². The van der Waals surface area contributed by atoms with Gasteiger partial charge in [0.25, 0.3) is 5.91 Å². The Kier molecular flexibility index (Phi) is 5.61. The molecule has 1 saturated heterocycles. The highest BCUT2D eigenvalue weighted by atomic mass is 19.4. The average Bonchev–Trinajstić information content (AvgIpc) is 3.21. The number of rotatable bonds is 4. The van der Waals surface area contributed by atoms with E-state index in [1.807, 2.05) is 0 Å². The monoisotopic (exact) mass is 393 g/mol. The van der Waals surface area contributed by atoms with Crippen molar-refractivity contribution in [3.05, 3.63) is 53.5 Å². The van der Waals surface area contributed by atoms with Gasteiger partial charge in [-0.05, 0) is 24.3 Å². The Bertz CT molecular complexity index is 875. The lowest BCUT2D eigenvalue weighted by Gasteiger charge is -2.42. The summed E-state index contributed by atoms with van der Waals surface area (Å²) in [5.41, 5.74) is -0.639. The van der Waals surface area contributed by atoms with Crippen LogP contribution in [0.3, 0.4) is 0 Å². The number of carbonyl (C=O) groups is 1. The number of hydrogen-bond donors (Lipinski definition) is 0. The summed E-state index contributed by atoms with van der Waals surface area (Å²) in [7, 11) is 1.49. The topological polar surface area (TPSA) is 69.7 Å². The number of methoxy groups -OCH3 is 1. The fraction of sp³-hybridized carbons (Fsp3) is 0.368. The molecule has 1 aromatic heterocycles. The lowest BCUT2D eigenvalue weighted by molar-refractivity contribution is -0.137. The first kappa shape index (κ1) is 19.8. The van der Waals surface area contributed by atoms with Crippen LogP contribution in [-0.4, -0.2) is 50.2 Å². The highest BCUT2D eigenvalue weighted by Gasteiger charge is 2.36. The third kappa shape index (κ3) is 3.97. The van der Waals surface area contributed by atoms with Crippen molar-refractivity contribution in [1.82, 2.24) is 4.90 Å². The largest absolute Gasteiger partial charge is 0.472 e. The normalized spacial score (nSPS) is 17.5. The van der Waals surface area contributed by atoms with Crippen LogP contribution in [0.2, 0.25) is 0 Å². The molecular formula is C19H18F3N3O3. The van der Waals surface area contributed by atoms with E-state index in [0.29, 0.717) is 30.9 Å². The maximum absolute atomic E-state index is 13.3. The molecule has 1 aliphatic heterocycles. The van der Waals surface area contributed by atoms with E-state index >= 15 is 0 Å². The van der Waals surface area contributed by atoms with Crippen LogP contribution in [0.15, 0.2) is 41.2 Å². The summed E-state index contributed by atoms with van der Waals surface area (Å²) in [6.45, 7) is 1.20. The third-order valence-electron chi connectivity index (χ3n) is 4.66. The highest BCUT2D eigenvalue weighted by Crippen LogP contribution is 2.35. The van der Waals surface area contributed by atoms with E-state index in [4.69, 9.17) is 14.4 Å². The number of nitriles is 1. The number of ether oxygens (including phenoxy) is 1. The van der Waals surface area contributed by atoms with Gasteiger partial charge in [-0.1, -0.05) is 0 Å². The number of furan rings is 1. The first-order chi connectivity index (χ1) is 13.3. The predicted octanol–water partition coefficient (Wildman–Crippen LogP) is 3.15. The van der Waals surface area contributed by atoms with Gasteiger partial charge in [0.05, 0.1) is 41.7 Å². The van der Waals surface area contributed by atoms with Crippen molar-refractivity contribution in [2.24, 2.45) is 0 Å². The Morgan fingerprint density at radius 1 is 1.36 bits per heavy atom. The van der Waals surface area contributed by atoms with Crippen LogP contribution in [0.1, 0.15) is 21.5 Å². The predicted molar refractivity (Wildman–Crippen MR) is 93.8 cm³/mol. The number of alkyl halides is 3. The molecule has 6 nitrogen and oxygen atoms in total. The van der Waals surface area contributed by atoms with Crippen LogP contribution in [0.5, 0.6) is 0 Å². The molecule has 1 aliphatic rings. The Hall–Kier alpha value is -2.99. The van der Waals surface area contributed by atoms with Gasteiger partial charge in [-0.25, -0.2) is 0 Å². The smallest absolute Gasteiger partial charge is 0.417 e. The Labute approximate surface area is 159 Å². The maximum Gasteiger partial charge on any atom is 0.417 e. The first-order valence-corrected chi connectivity index (χ1v) is 8.53. The molecular weight excluding hydrogens is 375 g/mol. The molecule has 1 atom stereocenters. The molecule has 0 radical (unpaired) electrons. The molecule has 9 heteroatoms. The number of carbonyl (C=O) groups excluding carboxylic acids is 1. The number of hydrogen-bond acceptors (Lipinski definition) is 5. The molecule has 2 aromatic rings. The molecule has 0 saturated carbocycles. The van der Waals surface area contributed by atoms with Crippen LogP contribution in [-0.2, 0) is 10.9 Å². The molecule has 2 heterocycles. The fourth-order valence-electron chi connectivity index (χ4n) is 3.33. The Morgan fingerprint density at radius 2 is 2.14 bits per heavy atom. The van der Waals surface area contributed by atoms with Gasteiger partial charge in [-0.2, -0.15) is 18.4 Å². The van der Waals surface area contributed by atoms with Gasteiger partial charge in [0.15, 0.2) is 0 Å². The Morgan fingerprint density at radius 3 is 2.75 bits per heavy atom. The maximum atomic E-state index is 13.3. The number of halogens is 3. The number of nitrogens with zero attached hydrogens (tertiary/aromatic N) is 3. The van der Waals surface area contributed by atoms with Crippen molar-refractivity contribution in [2.45, 2.75) is 12.2 Å². The minimum atomic E-state index is -4.63. The zero-order valence-corrected chi connectivity index (χ0v) is 15.1. The van der Waals surface area contributed by atoms with Gasteiger partial charge < -0.3 is 19.0 Å². The van der Waals surface area contributed by atoms with E-state index in [0.717, 1.165) is 6.07 Å². The second-order valence-corrected chi connectivity index (χ2v) is 6.41. The number of amides is 1. The van der Waals surface area contributed by atoms with E-state index in [1.54, 1.807) is 21.9 Å². The summed E-state index contributed by atoms with van der Waals surface area (Å²) in [5.74, 6) is -0.203. The second kappa shape index (κ2) is 7.94. The molecule has 148 valence electrons. The van der Waals surface area contributed by atoms with Gasteiger partial charge >= 0.3 is 6.18 Å². The summed E-state index contributed by atoms with van der Waals surface area (Å²) in [4.78, 5) is 15.9. The average molecular weight is 393 g/mol. The van der Waals surface area contributed by atoms with Crippen molar-refractivity contribution >= 4 is 11.6 Å². The van der Waals surface area contributed by atoms with Crippen molar-refractivity contribution < 1.29 is 27.1 Å². The molecule has 0 N–H and O–H groups in total. The van der Waals surface area contributed by atoms with Crippen molar-refractivity contribution in [3.8, 4) is 6.07 Å². The minimum Gasteiger partial charge on any atom is -0.472 e. The highest BCUT2D eigenvalue weighted by molar-refractivity contribution is 5.94. The quantitative estimate of drug-likeness (QED) is 0.798. The third-order valence-corrected chi connectivity index (χ3v) is 4.66. The molecule has 1 fully saturated rings. The number of piperazine rings is 1. The van der Waals surface area contributed by atoms with Crippen molar-refractivity contribution in [3.63, 3.8) is 0 Å². The van der Waals surface area contributed by atoms with Gasteiger partial charge in [-0.3, -0.25) is 4.79 Å². The van der Waals surface area contributed by atoms with E-state index in [2.05, 4.69) is 0 Å². The van der Waals surface area contributed by atoms with Crippen LogP contribution >= 0.6 is 0 Å². The lowest BCUT2D eigenvalue weighted by atomic mass is 10.0. The summed E-state index contributed by atoms with van der Waals surface area (Å²) in [5, 5.41) is 8.97. The molecule has 1 aromatic carbocycles. The summed E-state index contributed by atoms with van der Waals surface area (Å²) in [6.07, 6.45) is -1.86. The molecule has 1 amide bonds. The summed E-state index contributed by atoms with van der Waals surface area (Å²) < 4.78 is 50.1. The molecule has 0 spiro atoms.